The van der Waals surface area contributed by atoms with Gasteiger partial charge in [0.2, 0.25) is 0 Å². The average molecular weight is 402 g/mol. The van der Waals surface area contributed by atoms with Gasteiger partial charge in [-0.1, -0.05) is 18.6 Å². The molecule has 1 radical (unpaired) electrons. The number of benzene rings is 1. The molecule has 0 aromatic heterocycles. The van der Waals surface area contributed by atoms with E-state index in [4.69, 9.17) is 0 Å². The smallest absolute Gasteiger partial charge is 0.0319 e. The Morgan fingerprint density at radius 3 is 2.65 bits per heavy atom. The van der Waals surface area contributed by atoms with E-state index in [0.29, 0.717) is 0 Å². The van der Waals surface area contributed by atoms with Gasteiger partial charge in [-0.05, 0) is 19.2 Å². The summed E-state index contributed by atoms with van der Waals surface area (Å²) >= 11 is 0. The number of hydrogen-bond acceptors (Lipinski definition) is 2. The van der Waals surface area contributed by atoms with Crippen LogP contribution in [-0.2, 0) is 20.1 Å². The molecule has 1 aromatic rings. The molecule has 2 aliphatic rings. The van der Waals surface area contributed by atoms with Crippen molar-refractivity contribution in [1.29, 1.82) is 0 Å². The molecule has 0 N–H and O–H groups in total. The van der Waals surface area contributed by atoms with E-state index >= 15 is 0 Å². The predicted octanol–water partition coefficient (Wildman–Crippen LogP) is 3.11. The third-order valence-corrected chi connectivity index (χ3v) is 2.95. The quantitative estimate of drug-likeness (QED) is 0.666. The Bertz CT molecular complexity index is 465. The maximum absolute atomic E-state index is 2.24. The zero-order valence-corrected chi connectivity index (χ0v) is 12.0. The minimum absolute atomic E-state index is 0. The molecule has 17 heavy (non-hydrogen) atoms. The average Bonchev–Trinajstić information content (AvgIpc) is 2.69. The Hall–Kier alpha value is -1.18. The molecule has 1 heterocycles. The van der Waals surface area contributed by atoms with Gasteiger partial charge in [0.15, 0.2) is 0 Å². The zero-order chi connectivity index (χ0) is 11.0. The minimum atomic E-state index is 0. The molecule has 0 unspecified atom stereocenters. The van der Waals surface area contributed by atoms with Gasteiger partial charge in [0, 0.05) is 31.5 Å². The summed E-state index contributed by atoms with van der Waals surface area (Å²) in [5.41, 5.74) is 3.76. The van der Waals surface area contributed by atoms with Gasteiger partial charge < -0.3 is 9.80 Å². The summed E-state index contributed by atoms with van der Waals surface area (Å²) in [7, 11) is 2.08. The molecule has 1 aromatic carbocycles. The van der Waals surface area contributed by atoms with E-state index in [2.05, 4.69) is 72.4 Å². The Kier molecular flexibility index (Phi) is 3.60. The Morgan fingerprint density at radius 2 is 1.94 bits per heavy atom. The molecule has 2 nitrogen and oxygen atoms in total. The van der Waals surface area contributed by atoms with E-state index in [1.807, 2.05) is 0 Å². The third kappa shape index (κ3) is 2.13. The van der Waals surface area contributed by atoms with Crippen molar-refractivity contribution < 1.29 is 20.1 Å². The molecule has 0 saturated heterocycles. The fourth-order valence-electron chi connectivity index (χ4n) is 2.15. The SMILES string of the molecule is CN1[CH-]N(C2=CC=CC[CH-]2)c2ccccc21.[Ir]. The first-order valence-electron chi connectivity index (χ1n) is 5.52. The monoisotopic (exact) mass is 403 g/mol. The number of nitrogens with zero attached hydrogens (tertiary/aromatic N) is 2. The molecule has 91 valence electrons. The second-order valence-corrected chi connectivity index (χ2v) is 4.04. The summed E-state index contributed by atoms with van der Waals surface area (Å²) in [6.07, 6.45) is 9.68. The number of para-hydroxylation sites is 2. The summed E-state index contributed by atoms with van der Waals surface area (Å²) in [4.78, 5) is 4.39. The molecule has 0 bridgehead atoms. The van der Waals surface area contributed by atoms with Crippen molar-refractivity contribution in [2.45, 2.75) is 6.42 Å². The van der Waals surface area contributed by atoms with Gasteiger partial charge in [0.05, 0.1) is 0 Å². The van der Waals surface area contributed by atoms with Crippen LogP contribution in [0, 0.1) is 13.1 Å². The Morgan fingerprint density at radius 1 is 1.18 bits per heavy atom. The number of anilines is 2. The molecule has 1 aliphatic heterocycles. The second kappa shape index (κ2) is 4.99. The van der Waals surface area contributed by atoms with Gasteiger partial charge in [-0.3, -0.25) is 0 Å². The minimum Gasteiger partial charge on any atom is -0.504 e. The Labute approximate surface area is 116 Å². The van der Waals surface area contributed by atoms with Crippen molar-refractivity contribution in [3.63, 3.8) is 0 Å². The van der Waals surface area contributed by atoms with Crippen molar-refractivity contribution in [1.82, 2.24) is 0 Å². The largest absolute Gasteiger partial charge is 0.504 e. The van der Waals surface area contributed by atoms with E-state index < -0.39 is 0 Å². The van der Waals surface area contributed by atoms with Crippen molar-refractivity contribution in [3.05, 3.63) is 61.3 Å². The maximum atomic E-state index is 2.24. The number of hydrogen-bond donors (Lipinski definition) is 0. The first-order chi connectivity index (χ1) is 7.86. The second-order valence-electron chi connectivity index (χ2n) is 4.04. The van der Waals surface area contributed by atoms with Gasteiger partial charge in [0.25, 0.3) is 0 Å². The van der Waals surface area contributed by atoms with Gasteiger partial charge >= 0.3 is 0 Å². The van der Waals surface area contributed by atoms with Crippen LogP contribution in [0.3, 0.4) is 0 Å². The van der Waals surface area contributed by atoms with Gasteiger partial charge in [0.1, 0.15) is 0 Å². The van der Waals surface area contributed by atoms with Crippen LogP contribution in [0.5, 0.6) is 0 Å². The van der Waals surface area contributed by atoms with Crippen LogP contribution >= 0.6 is 0 Å². The Balaban J connectivity index is 0.00000108. The molecule has 3 rings (SSSR count). The molecule has 3 heteroatoms. The fourth-order valence-corrected chi connectivity index (χ4v) is 2.15. The normalized spacial score (nSPS) is 17.1. The van der Waals surface area contributed by atoms with Gasteiger partial charge in [-0.15, -0.1) is 12.2 Å². The van der Waals surface area contributed by atoms with Crippen LogP contribution in [0.1, 0.15) is 6.42 Å². The van der Waals surface area contributed by atoms with E-state index in [1.165, 1.54) is 17.1 Å². The molecule has 0 spiro atoms. The zero-order valence-electron chi connectivity index (χ0n) is 9.63. The summed E-state index contributed by atoms with van der Waals surface area (Å²) in [5.74, 6) is 0. The van der Waals surface area contributed by atoms with E-state index in [-0.39, 0.29) is 20.1 Å². The maximum Gasteiger partial charge on any atom is 0.0319 e. The van der Waals surface area contributed by atoms with Crippen LogP contribution < -0.4 is 9.80 Å². The van der Waals surface area contributed by atoms with Crippen LogP contribution in [-0.4, -0.2) is 7.05 Å². The van der Waals surface area contributed by atoms with Crippen molar-refractivity contribution >= 4 is 11.4 Å². The van der Waals surface area contributed by atoms with Crippen molar-refractivity contribution in [2.75, 3.05) is 16.8 Å². The first kappa shape index (κ1) is 12.3. The van der Waals surface area contributed by atoms with E-state index in [0.717, 1.165) is 6.42 Å². The van der Waals surface area contributed by atoms with Crippen LogP contribution in [0.4, 0.5) is 11.4 Å². The number of rotatable bonds is 1. The third-order valence-electron chi connectivity index (χ3n) is 2.95. The van der Waals surface area contributed by atoms with Gasteiger partial charge in [-0.25, -0.2) is 6.42 Å². The van der Waals surface area contributed by atoms with Crippen LogP contribution in [0.15, 0.2) is 48.2 Å². The molecule has 1 aliphatic carbocycles. The summed E-state index contributed by atoms with van der Waals surface area (Å²) in [5, 5.41) is 0. The van der Waals surface area contributed by atoms with Gasteiger partial charge in [-0.2, -0.15) is 18.4 Å². The van der Waals surface area contributed by atoms with E-state index in [9.17, 15) is 0 Å². The molecular weight excluding hydrogens is 388 g/mol. The van der Waals surface area contributed by atoms with E-state index in [1.54, 1.807) is 0 Å². The standard InChI is InChI=1S/C14H14N2.Ir/c1-15-11-16(12-7-3-2-4-8-12)14-10-6-5-9-13(14)15;/h2-3,5-11H,4H2,1H3;/q-2;. The van der Waals surface area contributed by atoms with Crippen LogP contribution in [0.25, 0.3) is 0 Å². The number of allylic oxidation sites excluding steroid dienone is 4. The first-order valence-corrected chi connectivity index (χ1v) is 5.52. The molecule has 0 fully saturated rings. The van der Waals surface area contributed by atoms with Crippen LogP contribution in [0.2, 0.25) is 0 Å². The topological polar surface area (TPSA) is 6.48 Å². The predicted molar refractivity (Wildman–Crippen MR) is 67.8 cm³/mol. The van der Waals surface area contributed by atoms with Crippen molar-refractivity contribution in [2.24, 2.45) is 0 Å². The fraction of sp³-hybridized carbons (Fsp3) is 0.143. The molecular formula is C14H14IrN2-2. The summed E-state index contributed by atoms with van der Waals surface area (Å²) < 4.78 is 0. The summed E-state index contributed by atoms with van der Waals surface area (Å²) in [6, 6.07) is 8.46. The van der Waals surface area contributed by atoms with Crippen molar-refractivity contribution in [3.8, 4) is 0 Å². The summed E-state index contributed by atoms with van der Waals surface area (Å²) in [6.45, 7) is 2.13. The molecule has 0 atom stereocenters. The number of fused-ring (bicyclic) bond motifs is 1. The molecule has 0 saturated carbocycles. The molecule has 0 amide bonds.